The molecule has 1 aliphatic heterocycles. The number of halogens is 1. The molecular weight excluding hydrogens is 331 g/mol. The van der Waals surface area contributed by atoms with Gasteiger partial charge in [-0.1, -0.05) is 18.2 Å². The molecule has 2 aromatic rings. The smallest absolute Gasteiger partial charge is 0.253 e. The zero-order chi connectivity index (χ0) is 17.2. The summed E-state index contributed by atoms with van der Waals surface area (Å²) in [6.07, 6.45) is 0. The number of rotatable bonds is 3. The molecule has 0 spiro atoms. The molecule has 0 saturated carbocycles. The normalized spacial score (nSPS) is 16.1. The van der Waals surface area contributed by atoms with Gasteiger partial charge >= 0.3 is 0 Å². The Morgan fingerprint density at radius 2 is 1.46 bits per heavy atom. The van der Waals surface area contributed by atoms with E-state index < -0.39 is 15.8 Å². The molecule has 1 fully saturated rings. The van der Waals surface area contributed by atoms with Crippen LogP contribution in [0, 0.1) is 5.82 Å². The van der Waals surface area contributed by atoms with Crippen molar-refractivity contribution < 1.29 is 17.6 Å². The zero-order valence-corrected chi connectivity index (χ0v) is 13.7. The first kappa shape index (κ1) is 16.6. The Hall–Kier alpha value is -2.25. The Morgan fingerprint density at radius 3 is 2.04 bits per heavy atom. The van der Waals surface area contributed by atoms with E-state index in [1.54, 1.807) is 29.2 Å². The molecule has 0 aromatic heterocycles. The first-order chi connectivity index (χ1) is 11.5. The van der Waals surface area contributed by atoms with Gasteiger partial charge in [-0.15, -0.1) is 0 Å². The van der Waals surface area contributed by atoms with Crippen molar-refractivity contribution in [1.82, 2.24) is 9.21 Å². The number of carbonyl (C=O) groups is 1. The summed E-state index contributed by atoms with van der Waals surface area (Å²) in [6.45, 7) is 1.10. The van der Waals surface area contributed by atoms with E-state index in [4.69, 9.17) is 0 Å². The standard InChI is InChI=1S/C17H17FN2O3S/c18-15-6-8-16(9-7-15)24(22,23)20-12-10-19(11-13-20)17(21)14-4-2-1-3-5-14/h1-9H,10-13H2. The summed E-state index contributed by atoms with van der Waals surface area (Å²) in [5.74, 6) is -0.582. The van der Waals surface area contributed by atoms with Crippen molar-refractivity contribution in [3.63, 3.8) is 0 Å². The molecule has 3 rings (SSSR count). The Labute approximate surface area is 140 Å². The minimum atomic E-state index is -3.66. The molecule has 1 aliphatic rings. The second-order valence-electron chi connectivity index (χ2n) is 5.52. The van der Waals surface area contributed by atoms with Gasteiger partial charge in [0.15, 0.2) is 0 Å². The third-order valence-electron chi connectivity index (χ3n) is 4.00. The van der Waals surface area contributed by atoms with Gasteiger partial charge in [-0.05, 0) is 36.4 Å². The van der Waals surface area contributed by atoms with Crippen molar-refractivity contribution in [2.45, 2.75) is 4.90 Å². The fourth-order valence-electron chi connectivity index (χ4n) is 2.65. The van der Waals surface area contributed by atoms with E-state index >= 15 is 0 Å². The Morgan fingerprint density at radius 1 is 0.875 bits per heavy atom. The van der Waals surface area contributed by atoms with E-state index in [1.807, 2.05) is 6.07 Å². The molecule has 0 aliphatic carbocycles. The SMILES string of the molecule is O=C(c1ccccc1)N1CCN(S(=O)(=O)c2ccc(F)cc2)CC1. The molecule has 2 aromatic carbocycles. The average molecular weight is 348 g/mol. The second kappa shape index (κ2) is 6.70. The van der Waals surface area contributed by atoms with Crippen molar-refractivity contribution in [3.8, 4) is 0 Å². The van der Waals surface area contributed by atoms with E-state index in [2.05, 4.69) is 0 Å². The lowest BCUT2D eigenvalue weighted by molar-refractivity contribution is 0.0698. The highest BCUT2D eigenvalue weighted by Gasteiger charge is 2.30. The number of piperazine rings is 1. The maximum Gasteiger partial charge on any atom is 0.253 e. The van der Waals surface area contributed by atoms with Gasteiger partial charge in [0.05, 0.1) is 4.90 Å². The molecule has 1 heterocycles. The fraction of sp³-hybridized carbons (Fsp3) is 0.235. The first-order valence-electron chi connectivity index (χ1n) is 7.58. The highest BCUT2D eigenvalue weighted by atomic mass is 32.2. The molecule has 0 N–H and O–H groups in total. The predicted octanol–water partition coefficient (Wildman–Crippen LogP) is 1.97. The van der Waals surface area contributed by atoms with Gasteiger partial charge in [0.1, 0.15) is 5.82 Å². The van der Waals surface area contributed by atoms with Gasteiger partial charge in [0.2, 0.25) is 10.0 Å². The van der Waals surface area contributed by atoms with Crippen LogP contribution in [0.2, 0.25) is 0 Å². The molecule has 1 saturated heterocycles. The number of sulfonamides is 1. The van der Waals surface area contributed by atoms with E-state index in [0.717, 1.165) is 12.1 Å². The minimum Gasteiger partial charge on any atom is -0.336 e. The zero-order valence-electron chi connectivity index (χ0n) is 12.9. The quantitative estimate of drug-likeness (QED) is 0.852. The van der Waals surface area contributed by atoms with Crippen LogP contribution in [0.25, 0.3) is 0 Å². The van der Waals surface area contributed by atoms with Crippen LogP contribution in [0.5, 0.6) is 0 Å². The second-order valence-corrected chi connectivity index (χ2v) is 7.45. The summed E-state index contributed by atoms with van der Waals surface area (Å²) in [5.41, 5.74) is 0.590. The lowest BCUT2D eigenvalue weighted by Crippen LogP contribution is -2.50. The summed E-state index contributed by atoms with van der Waals surface area (Å²) in [7, 11) is -3.66. The Kier molecular flexibility index (Phi) is 4.64. The van der Waals surface area contributed by atoms with E-state index in [1.165, 1.54) is 16.4 Å². The molecule has 24 heavy (non-hydrogen) atoms. The average Bonchev–Trinajstić information content (AvgIpc) is 2.62. The molecular formula is C17H17FN2O3S. The molecule has 0 radical (unpaired) electrons. The number of nitrogens with zero attached hydrogens (tertiary/aromatic N) is 2. The highest BCUT2D eigenvalue weighted by molar-refractivity contribution is 7.89. The van der Waals surface area contributed by atoms with Crippen LogP contribution in [-0.2, 0) is 10.0 Å². The molecule has 0 bridgehead atoms. The summed E-state index contributed by atoms with van der Waals surface area (Å²) < 4.78 is 39.4. The number of carbonyl (C=O) groups excluding carboxylic acids is 1. The van der Waals surface area contributed by atoms with Gasteiger partial charge in [0.25, 0.3) is 5.91 Å². The molecule has 126 valence electrons. The Bertz CT molecular complexity index is 815. The summed E-state index contributed by atoms with van der Waals surface area (Å²) in [6, 6.07) is 13.7. The highest BCUT2D eigenvalue weighted by Crippen LogP contribution is 2.18. The maximum atomic E-state index is 13.0. The molecule has 5 nitrogen and oxygen atoms in total. The first-order valence-corrected chi connectivity index (χ1v) is 9.02. The lowest BCUT2D eigenvalue weighted by Gasteiger charge is -2.34. The minimum absolute atomic E-state index is 0.0618. The van der Waals surface area contributed by atoms with Crippen molar-refractivity contribution in [3.05, 3.63) is 66.0 Å². The number of amides is 1. The predicted molar refractivity (Wildman–Crippen MR) is 87.5 cm³/mol. The fourth-order valence-corrected chi connectivity index (χ4v) is 4.07. The third-order valence-corrected chi connectivity index (χ3v) is 5.91. The van der Waals surface area contributed by atoms with Gasteiger partial charge < -0.3 is 4.90 Å². The summed E-state index contributed by atoms with van der Waals surface area (Å²) in [4.78, 5) is 14.1. The number of hydrogen-bond donors (Lipinski definition) is 0. The topological polar surface area (TPSA) is 57.7 Å². The molecule has 0 unspecified atom stereocenters. The van der Waals surface area contributed by atoms with Crippen LogP contribution in [0.15, 0.2) is 59.5 Å². The number of benzene rings is 2. The van der Waals surface area contributed by atoms with Crippen LogP contribution in [0.4, 0.5) is 4.39 Å². The van der Waals surface area contributed by atoms with Gasteiger partial charge in [-0.3, -0.25) is 4.79 Å². The molecule has 1 amide bonds. The summed E-state index contributed by atoms with van der Waals surface area (Å²) >= 11 is 0. The monoisotopic (exact) mass is 348 g/mol. The van der Waals surface area contributed by atoms with Crippen molar-refractivity contribution >= 4 is 15.9 Å². The largest absolute Gasteiger partial charge is 0.336 e. The van der Waals surface area contributed by atoms with Crippen LogP contribution in [0.1, 0.15) is 10.4 Å². The molecule has 7 heteroatoms. The van der Waals surface area contributed by atoms with E-state index in [-0.39, 0.29) is 23.9 Å². The number of hydrogen-bond acceptors (Lipinski definition) is 3. The Balaban J connectivity index is 1.68. The third kappa shape index (κ3) is 3.32. The van der Waals surface area contributed by atoms with Crippen LogP contribution >= 0.6 is 0 Å². The van der Waals surface area contributed by atoms with Gasteiger partial charge in [-0.2, -0.15) is 4.31 Å². The van der Waals surface area contributed by atoms with E-state index in [9.17, 15) is 17.6 Å². The van der Waals surface area contributed by atoms with Gasteiger partial charge in [0, 0.05) is 31.7 Å². The van der Waals surface area contributed by atoms with Crippen LogP contribution in [0.3, 0.4) is 0 Å². The lowest BCUT2D eigenvalue weighted by atomic mass is 10.2. The van der Waals surface area contributed by atoms with Crippen molar-refractivity contribution in [2.75, 3.05) is 26.2 Å². The van der Waals surface area contributed by atoms with E-state index in [0.29, 0.717) is 18.7 Å². The maximum absolute atomic E-state index is 13.0. The van der Waals surface area contributed by atoms with Crippen molar-refractivity contribution in [1.29, 1.82) is 0 Å². The van der Waals surface area contributed by atoms with Crippen molar-refractivity contribution in [2.24, 2.45) is 0 Å². The van der Waals surface area contributed by atoms with Gasteiger partial charge in [-0.25, -0.2) is 12.8 Å². The summed E-state index contributed by atoms with van der Waals surface area (Å²) in [5, 5.41) is 0. The molecule has 0 atom stereocenters. The van der Waals surface area contributed by atoms with Crippen LogP contribution < -0.4 is 0 Å². The van der Waals surface area contributed by atoms with Crippen LogP contribution in [-0.4, -0.2) is 49.7 Å².